The Morgan fingerprint density at radius 1 is 1.41 bits per heavy atom. The van der Waals surface area contributed by atoms with Crippen molar-refractivity contribution in [3.63, 3.8) is 0 Å². The second-order valence-electron chi connectivity index (χ2n) is 3.59. The zero-order valence-electron chi connectivity index (χ0n) is 9.25. The van der Waals surface area contributed by atoms with Gasteiger partial charge in [0.05, 0.1) is 5.69 Å². The van der Waals surface area contributed by atoms with Crippen molar-refractivity contribution in [2.24, 2.45) is 0 Å². The van der Waals surface area contributed by atoms with Crippen molar-refractivity contribution in [1.82, 2.24) is 0 Å². The Balaban J connectivity index is 2.30. The molecular formula is C12H12N2O2S. The number of nitrogens with zero attached hydrogens (tertiary/aromatic N) is 1. The Labute approximate surface area is 103 Å². The highest BCUT2D eigenvalue weighted by Crippen LogP contribution is 2.25. The first-order valence-corrected chi connectivity index (χ1v) is 5.87. The van der Waals surface area contributed by atoms with Crippen LogP contribution >= 0.6 is 11.3 Å². The van der Waals surface area contributed by atoms with Gasteiger partial charge in [-0.15, -0.1) is 11.3 Å². The number of aromatic hydroxyl groups is 1. The molecule has 0 saturated heterocycles. The minimum atomic E-state index is -0.178. The second kappa shape index (κ2) is 4.47. The van der Waals surface area contributed by atoms with Crippen LogP contribution in [-0.4, -0.2) is 18.1 Å². The lowest BCUT2D eigenvalue weighted by Crippen LogP contribution is -2.25. The SMILES string of the molecule is CN(C(=O)c1sccc1N)c1cccc(O)c1. The molecule has 0 saturated carbocycles. The predicted octanol–water partition coefficient (Wildman–Crippen LogP) is 2.31. The number of thiophene rings is 1. The average molecular weight is 248 g/mol. The minimum Gasteiger partial charge on any atom is -0.508 e. The summed E-state index contributed by atoms with van der Waals surface area (Å²) in [5.74, 6) is -0.0515. The largest absolute Gasteiger partial charge is 0.508 e. The van der Waals surface area contributed by atoms with Gasteiger partial charge in [0, 0.05) is 18.8 Å². The van der Waals surface area contributed by atoms with Crippen LogP contribution in [0.25, 0.3) is 0 Å². The summed E-state index contributed by atoms with van der Waals surface area (Å²) >= 11 is 1.31. The third-order valence-corrected chi connectivity index (χ3v) is 3.33. The molecule has 88 valence electrons. The van der Waals surface area contributed by atoms with Gasteiger partial charge in [0.25, 0.3) is 5.91 Å². The number of carbonyl (C=O) groups excluding carboxylic acids is 1. The first kappa shape index (κ1) is 11.5. The van der Waals surface area contributed by atoms with Gasteiger partial charge >= 0.3 is 0 Å². The molecule has 0 bridgehead atoms. The maximum absolute atomic E-state index is 12.1. The van der Waals surface area contributed by atoms with Crippen molar-refractivity contribution in [2.75, 3.05) is 17.7 Å². The highest BCUT2D eigenvalue weighted by Gasteiger charge is 2.17. The summed E-state index contributed by atoms with van der Waals surface area (Å²) in [5, 5.41) is 11.1. The fourth-order valence-electron chi connectivity index (χ4n) is 1.46. The maximum Gasteiger partial charge on any atom is 0.270 e. The Kier molecular flexibility index (Phi) is 3.01. The summed E-state index contributed by atoms with van der Waals surface area (Å²) < 4.78 is 0. The zero-order chi connectivity index (χ0) is 12.4. The van der Waals surface area contributed by atoms with E-state index in [0.717, 1.165) is 0 Å². The zero-order valence-corrected chi connectivity index (χ0v) is 10.1. The number of nitrogens with two attached hydrogens (primary N) is 1. The lowest BCUT2D eigenvalue weighted by Gasteiger charge is -2.16. The molecule has 0 unspecified atom stereocenters. The lowest BCUT2D eigenvalue weighted by molar-refractivity contribution is 0.0997. The molecule has 0 atom stereocenters. The summed E-state index contributed by atoms with van der Waals surface area (Å²) in [5.41, 5.74) is 6.81. The van der Waals surface area contributed by atoms with E-state index in [0.29, 0.717) is 16.3 Å². The summed E-state index contributed by atoms with van der Waals surface area (Å²) in [6.45, 7) is 0. The van der Waals surface area contributed by atoms with Gasteiger partial charge < -0.3 is 15.7 Å². The number of rotatable bonds is 2. The Morgan fingerprint density at radius 2 is 2.18 bits per heavy atom. The minimum absolute atomic E-state index is 0.126. The molecule has 2 rings (SSSR count). The average Bonchev–Trinajstić information content (AvgIpc) is 2.73. The van der Waals surface area contributed by atoms with E-state index < -0.39 is 0 Å². The molecular weight excluding hydrogens is 236 g/mol. The van der Waals surface area contributed by atoms with Gasteiger partial charge in [-0.3, -0.25) is 4.79 Å². The number of nitrogen functional groups attached to an aromatic ring is 1. The van der Waals surface area contributed by atoms with E-state index in [9.17, 15) is 9.90 Å². The number of anilines is 2. The third-order valence-electron chi connectivity index (χ3n) is 2.41. The van der Waals surface area contributed by atoms with Gasteiger partial charge in [-0.1, -0.05) is 6.07 Å². The number of amides is 1. The fraction of sp³-hybridized carbons (Fsp3) is 0.0833. The van der Waals surface area contributed by atoms with Crippen LogP contribution in [-0.2, 0) is 0 Å². The predicted molar refractivity (Wildman–Crippen MR) is 69.6 cm³/mol. The molecule has 1 aromatic heterocycles. The Bertz CT molecular complexity index is 551. The summed E-state index contributed by atoms with van der Waals surface area (Å²) in [6, 6.07) is 8.23. The van der Waals surface area contributed by atoms with Gasteiger partial charge in [-0.05, 0) is 23.6 Å². The molecule has 3 N–H and O–H groups in total. The quantitative estimate of drug-likeness (QED) is 0.857. The number of phenolic OH excluding ortho intramolecular Hbond substituents is 1. The first-order valence-electron chi connectivity index (χ1n) is 4.99. The maximum atomic E-state index is 12.1. The normalized spacial score (nSPS) is 10.2. The van der Waals surface area contributed by atoms with Crippen molar-refractivity contribution in [1.29, 1.82) is 0 Å². The molecule has 0 fully saturated rings. The molecule has 0 radical (unpaired) electrons. The van der Waals surface area contributed by atoms with Crippen LogP contribution in [0.2, 0.25) is 0 Å². The van der Waals surface area contributed by atoms with Crippen LogP contribution in [0.1, 0.15) is 9.67 Å². The number of benzene rings is 1. The van der Waals surface area contributed by atoms with Gasteiger partial charge in [0.1, 0.15) is 10.6 Å². The molecule has 0 spiro atoms. The number of carbonyl (C=O) groups is 1. The van der Waals surface area contributed by atoms with Crippen molar-refractivity contribution in [3.05, 3.63) is 40.6 Å². The first-order chi connectivity index (χ1) is 8.09. The molecule has 2 aromatic rings. The number of phenols is 1. The van der Waals surface area contributed by atoms with Crippen LogP contribution in [0, 0.1) is 0 Å². The van der Waals surface area contributed by atoms with E-state index in [1.54, 1.807) is 36.7 Å². The lowest BCUT2D eigenvalue weighted by atomic mass is 10.2. The topological polar surface area (TPSA) is 66.6 Å². The van der Waals surface area contributed by atoms with Gasteiger partial charge in [0.2, 0.25) is 0 Å². The number of hydrogen-bond acceptors (Lipinski definition) is 4. The van der Waals surface area contributed by atoms with E-state index in [4.69, 9.17) is 5.73 Å². The summed E-state index contributed by atoms with van der Waals surface area (Å²) in [4.78, 5) is 14.1. The van der Waals surface area contributed by atoms with Gasteiger partial charge in [-0.25, -0.2) is 0 Å². The Hall–Kier alpha value is -2.01. The fourth-order valence-corrected chi connectivity index (χ4v) is 2.26. The van der Waals surface area contributed by atoms with Crippen LogP contribution < -0.4 is 10.6 Å². The van der Waals surface area contributed by atoms with Crippen LogP contribution in [0.15, 0.2) is 35.7 Å². The second-order valence-corrected chi connectivity index (χ2v) is 4.51. The van der Waals surface area contributed by atoms with Crippen molar-refractivity contribution in [2.45, 2.75) is 0 Å². The van der Waals surface area contributed by atoms with E-state index >= 15 is 0 Å². The van der Waals surface area contributed by atoms with E-state index in [2.05, 4.69) is 0 Å². The molecule has 1 amide bonds. The smallest absolute Gasteiger partial charge is 0.270 e. The molecule has 4 nitrogen and oxygen atoms in total. The van der Waals surface area contributed by atoms with Gasteiger partial charge in [-0.2, -0.15) is 0 Å². The molecule has 0 aliphatic heterocycles. The van der Waals surface area contributed by atoms with E-state index in [-0.39, 0.29) is 11.7 Å². The molecule has 0 aliphatic carbocycles. The molecule has 5 heteroatoms. The summed E-state index contributed by atoms with van der Waals surface area (Å²) in [6.07, 6.45) is 0. The van der Waals surface area contributed by atoms with Crippen LogP contribution in [0.5, 0.6) is 5.75 Å². The van der Waals surface area contributed by atoms with E-state index in [1.807, 2.05) is 0 Å². The van der Waals surface area contributed by atoms with E-state index in [1.165, 1.54) is 22.3 Å². The van der Waals surface area contributed by atoms with Crippen molar-refractivity contribution in [3.8, 4) is 5.75 Å². The monoisotopic (exact) mass is 248 g/mol. The molecule has 1 heterocycles. The standard InChI is InChI=1S/C12H12N2O2S/c1-14(8-3-2-4-9(15)7-8)12(16)11-10(13)5-6-17-11/h2-7,15H,13H2,1H3. The van der Waals surface area contributed by atoms with Gasteiger partial charge in [0.15, 0.2) is 0 Å². The molecule has 0 aliphatic rings. The van der Waals surface area contributed by atoms with Crippen LogP contribution in [0.4, 0.5) is 11.4 Å². The van der Waals surface area contributed by atoms with Crippen molar-refractivity contribution >= 4 is 28.6 Å². The summed E-state index contributed by atoms with van der Waals surface area (Å²) in [7, 11) is 1.65. The Morgan fingerprint density at radius 3 is 2.76 bits per heavy atom. The third kappa shape index (κ3) is 2.24. The molecule has 17 heavy (non-hydrogen) atoms. The van der Waals surface area contributed by atoms with Crippen molar-refractivity contribution < 1.29 is 9.90 Å². The molecule has 1 aromatic carbocycles. The number of hydrogen-bond donors (Lipinski definition) is 2. The van der Waals surface area contributed by atoms with Crippen LogP contribution in [0.3, 0.4) is 0 Å². The highest BCUT2D eigenvalue weighted by atomic mass is 32.1. The highest BCUT2D eigenvalue weighted by molar-refractivity contribution is 7.12.